The fraction of sp³-hybridized carbons (Fsp3) is 0.727. The summed E-state index contributed by atoms with van der Waals surface area (Å²) in [5.74, 6) is 1.36. The van der Waals surface area contributed by atoms with Crippen molar-refractivity contribution in [1.82, 2.24) is 16.0 Å². The molecule has 3 nitrogen and oxygen atoms in total. The summed E-state index contributed by atoms with van der Waals surface area (Å²) in [7, 11) is 6.01. The SMILES string of the molecule is CNC1=C(C)CCC(NC)(NC)[C]1C. The second-order valence-electron chi connectivity index (χ2n) is 3.94. The van der Waals surface area contributed by atoms with Crippen LogP contribution in [-0.4, -0.2) is 26.8 Å². The number of rotatable bonds is 3. The zero-order valence-electron chi connectivity index (χ0n) is 9.91. The quantitative estimate of drug-likeness (QED) is 0.589. The van der Waals surface area contributed by atoms with Crippen LogP contribution in [0.5, 0.6) is 0 Å². The maximum Gasteiger partial charge on any atom is 0.0806 e. The van der Waals surface area contributed by atoms with Gasteiger partial charge >= 0.3 is 0 Å². The molecule has 0 aromatic rings. The van der Waals surface area contributed by atoms with E-state index in [1.807, 2.05) is 21.1 Å². The van der Waals surface area contributed by atoms with E-state index in [0.29, 0.717) is 0 Å². The molecule has 81 valence electrons. The van der Waals surface area contributed by atoms with Gasteiger partial charge in [-0.05, 0) is 40.8 Å². The Morgan fingerprint density at radius 3 is 2.07 bits per heavy atom. The highest BCUT2D eigenvalue weighted by Gasteiger charge is 2.39. The molecular weight excluding hydrogens is 174 g/mol. The molecule has 3 heteroatoms. The Morgan fingerprint density at radius 1 is 1.07 bits per heavy atom. The maximum atomic E-state index is 3.38. The third kappa shape index (κ3) is 1.66. The summed E-state index contributed by atoms with van der Waals surface area (Å²) < 4.78 is 0. The fourth-order valence-electron chi connectivity index (χ4n) is 2.37. The molecule has 0 fully saturated rings. The van der Waals surface area contributed by atoms with Crippen LogP contribution in [0.2, 0.25) is 0 Å². The van der Waals surface area contributed by atoms with Gasteiger partial charge in [0.05, 0.1) is 11.6 Å². The molecule has 0 saturated heterocycles. The molecule has 0 atom stereocenters. The largest absolute Gasteiger partial charge is 0.391 e. The monoisotopic (exact) mass is 196 g/mol. The molecule has 0 amide bonds. The van der Waals surface area contributed by atoms with E-state index in [0.717, 1.165) is 12.8 Å². The lowest BCUT2D eigenvalue weighted by molar-refractivity contribution is 0.281. The summed E-state index contributed by atoms with van der Waals surface area (Å²) in [4.78, 5) is 0. The van der Waals surface area contributed by atoms with E-state index in [1.165, 1.54) is 17.2 Å². The van der Waals surface area contributed by atoms with Gasteiger partial charge in [0, 0.05) is 12.7 Å². The van der Waals surface area contributed by atoms with Crippen LogP contribution < -0.4 is 16.0 Å². The van der Waals surface area contributed by atoms with Gasteiger partial charge in [0.15, 0.2) is 0 Å². The lowest BCUT2D eigenvalue weighted by Gasteiger charge is -2.43. The van der Waals surface area contributed by atoms with Crippen LogP contribution >= 0.6 is 0 Å². The van der Waals surface area contributed by atoms with Crippen LogP contribution in [0, 0.1) is 5.92 Å². The van der Waals surface area contributed by atoms with Gasteiger partial charge in [-0.25, -0.2) is 0 Å². The first kappa shape index (κ1) is 11.5. The Bertz CT molecular complexity index is 229. The molecule has 1 aliphatic rings. The Labute approximate surface area is 87.3 Å². The predicted octanol–water partition coefficient (Wildman–Crippen LogP) is 1.00. The van der Waals surface area contributed by atoms with Gasteiger partial charge < -0.3 is 16.0 Å². The first-order chi connectivity index (χ1) is 6.61. The summed E-state index contributed by atoms with van der Waals surface area (Å²) in [6.07, 6.45) is 2.25. The van der Waals surface area contributed by atoms with Crippen molar-refractivity contribution in [2.24, 2.45) is 0 Å². The molecule has 0 bridgehead atoms. The number of nitrogens with one attached hydrogen (secondary N) is 3. The van der Waals surface area contributed by atoms with Crippen LogP contribution in [0.1, 0.15) is 26.7 Å². The van der Waals surface area contributed by atoms with Crippen molar-refractivity contribution >= 4 is 0 Å². The summed E-state index contributed by atoms with van der Waals surface area (Å²) >= 11 is 0. The molecule has 0 aromatic carbocycles. The van der Waals surface area contributed by atoms with Crippen LogP contribution in [0.3, 0.4) is 0 Å². The van der Waals surface area contributed by atoms with Crippen molar-refractivity contribution in [3.63, 3.8) is 0 Å². The molecule has 1 rings (SSSR count). The van der Waals surface area contributed by atoms with Crippen molar-refractivity contribution in [3.8, 4) is 0 Å². The van der Waals surface area contributed by atoms with Crippen LogP contribution in [0.15, 0.2) is 11.3 Å². The summed E-state index contributed by atoms with van der Waals surface area (Å²) in [5, 5.41) is 10.0. The van der Waals surface area contributed by atoms with Gasteiger partial charge in [-0.3, -0.25) is 0 Å². The first-order valence-corrected chi connectivity index (χ1v) is 5.21. The van der Waals surface area contributed by atoms with Crippen molar-refractivity contribution in [2.45, 2.75) is 32.4 Å². The van der Waals surface area contributed by atoms with Gasteiger partial charge in [0.25, 0.3) is 0 Å². The third-order valence-corrected chi connectivity index (χ3v) is 3.42. The van der Waals surface area contributed by atoms with Crippen molar-refractivity contribution in [2.75, 3.05) is 21.1 Å². The summed E-state index contributed by atoms with van der Waals surface area (Å²) in [6, 6.07) is 0. The maximum absolute atomic E-state index is 3.38. The van der Waals surface area contributed by atoms with Crippen molar-refractivity contribution in [1.29, 1.82) is 0 Å². The summed E-state index contributed by atoms with van der Waals surface area (Å²) in [5.41, 5.74) is 2.71. The fourth-order valence-corrected chi connectivity index (χ4v) is 2.37. The third-order valence-electron chi connectivity index (χ3n) is 3.42. The molecule has 0 aromatic heterocycles. The van der Waals surface area contributed by atoms with E-state index in [9.17, 15) is 0 Å². The highest BCUT2D eigenvalue weighted by molar-refractivity contribution is 5.36. The minimum Gasteiger partial charge on any atom is -0.391 e. The van der Waals surface area contributed by atoms with E-state index in [2.05, 4.69) is 29.8 Å². The molecular formula is C11H22N3. The van der Waals surface area contributed by atoms with Gasteiger partial charge in [-0.2, -0.15) is 0 Å². The van der Waals surface area contributed by atoms with E-state index >= 15 is 0 Å². The molecule has 0 spiro atoms. The zero-order valence-corrected chi connectivity index (χ0v) is 9.91. The van der Waals surface area contributed by atoms with Gasteiger partial charge in [-0.15, -0.1) is 0 Å². The van der Waals surface area contributed by atoms with E-state index in [4.69, 9.17) is 0 Å². The molecule has 14 heavy (non-hydrogen) atoms. The molecule has 0 saturated carbocycles. The number of hydrogen-bond acceptors (Lipinski definition) is 3. The van der Waals surface area contributed by atoms with Gasteiger partial charge in [-0.1, -0.05) is 5.57 Å². The Balaban J connectivity index is 2.98. The molecule has 0 unspecified atom stereocenters. The second kappa shape index (κ2) is 4.32. The number of hydrogen-bond donors (Lipinski definition) is 3. The van der Waals surface area contributed by atoms with Crippen molar-refractivity contribution < 1.29 is 0 Å². The topological polar surface area (TPSA) is 36.1 Å². The average molecular weight is 196 g/mol. The molecule has 0 heterocycles. The Morgan fingerprint density at radius 2 is 1.64 bits per heavy atom. The first-order valence-electron chi connectivity index (χ1n) is 5.21. The van der Waals surface area contributed by atoms with Crippen LogP contribution in [-0.2, 0) is 0 Å². The zero-order chi connectivity index (χ0) is 10.8. The number of allylic oxidation sites excluding steroid dienone is 1. The minimum atomic E-state index is -0.0299. The highest BCUT2D eigenvalue weighted by Crippen LogP contribution is 2.35. The molecule has 1 aliphatic carbocycles. The standard InChI is InChI=1S/C11H22N3/c1-8-6-7-11(13-4,14-5)9(2)10(8)12-3/h12-14H,6-7H2,1-5H3. The lowest BCUT2D eigenvalue weighted by atomic mass is 9.79. The molecule has 0 aliphatic heterocycles. The van der Waals surface area contributed by atoms with E-state index in [1.54, 1.807) is 0 Å². The van der Waals surface area contributed by atoms with E-state index < -0.39 is 0 Å². The van der Waals surface area contributed by atoms with Crippen LogP contribution in [0.25, 0.3) is 0 Å². The lowest BCUT2D eigenvalue weighted by Crippen LogP contribution is -2.60. The minimum absolute atomic E-state index is 0.0299. The summed E-state index contributed by atoms with van der Waals surface area (Å²) in [6.45, 7) is 4.38. The Kier molecular flexibility index (Phi) is 3.56. The average Bonchev–Trinajstić information content (AvgIpc) is 2.20. The predicted molar refractivity (Wildman–Crippen MR) is 60.8 cm³/mol. The molecule has 1 radical (unpaired) electrons. The van der Waals surface area contributed by atoms with Gasteiger partial charge in [0.1, 0.15) is 0 Å². The Hall–Kier alpha value is -0.540. The normalized spacial score (nSPS) is 22.6. The second-order valence-corrected chi connectivity index (χ2v) is 3.94. The van der Waals surface area contributed by atoms with E-state index in [-0.39, 0.29) is 5.66 Å². The highest BCUT2D eigenvalue weighted by atomic mass is 15.2. The van der Waals surface area contributed by atoms with Crippen LogP contribution in [0.4, 0.5) is 0 Å². The van der Waals surface area contributed by atoms with Crippen molar-refractivity contribution in [3.05, 3.63) is 17.2 Å². The molecule has 3 N–H and O–H groups in total. The van der Waals surface area contributed by atoms with Gasteiger partial charge in [0.2, 0.25) is 0 Å². The smallest absolute Gasteiger partial charge is 0.0806 e.